The molecule has 7 nitrogen and oxygen atoms in total. The lowest BCUT2D eigenvalue weighted by Gasteiger charge is -2.36. The molecule has 0 unspecified atom stereocenters. The molecular weight excluding hydrogens is 454 g/mol. The number of rotatable bonds is 7. The van der Waals surface area contributed by atoms with E-state index >= 15 is 0 Å². The van der Waals surface area contributed by atoms with Crippen LogP contribution in [0, 0.1) is 0 Å². The van der Waals surface area contributed by atoms with Crippen molar-refractivity contribution in [2.24, 2.45) is 0 Å². The molecule has 1 aliphatic heterocycles. The molecule has 0 bridgehead atoms. The number of ketones is 1. The van der Waals surface area contributed by atoms with E-state index < -0.39 is 5.91 Å². The van der Waals surface area contributed by atoms with Crippen LogP contribution in [0.2, 0.25) is 0 Å². The van der Waals surface area contributed by atoms with E-state index in [-0.39, 0.29) is 17.3 Å². The Balaban J connectivity index is 1.53. The molecule has 0 radical (unpaired) electrons. The molecule has 7 heteroatoms. The Bertz CT molecular complexity index is 1260. The minimum absolute atomic E-state index is 0.0279. The molecule has 0 saturated carbocycles. The fourth-order valence-electron chi connectivity index (χ4n) is 4.13. The number of Topliss-reactive ketones (excluding diaryl/α,β-unsaturated/α-hetero) is 1. The molecule has 2 amide bonds. The maximum absolute atomic E-state index is 13.6. The van der Waals surface area contributed by atoms with Crippen LogP contribution in [0.3, 0.4) is 0 Å². The Labute approximate surface area is 211 Å². The van der Waals surface area contributed by atoms with Gasteiger partial charge in [0, 0.05) is 48.7 Å². The van der Waals surface area contributed by atoms with Gasteiger partial charge in [-0.05, 0) is 55.5 Å². The summed E-state index contributed by atoms with van der Waals surface area (Å²) in [7, 11) is 1.56. The summed E-state index contributed by atoms with van der Waals surface area (Å²) in [6.07, 6.45) is 1.59. The predicted octanol–water partition coefficient (Wildman–Crippen LogP) is 4.27. The van der Waals surface area contributed by atoms with Crippen molar-refractivity contribution in [3.05, 3.63) is 95.6 Å². The van der Waals surface area contributed by atoms with Crippen LogP contribution in [0.25, 0.3) is 6.08 Å². The van der Waals surface area contributed by atoms with Gasteiger partial charge in [0.25, 0.3) is 11.8 Å². The Morgan fingerprint density at radius 2 is 1.47 bits per heavy atom. The number of hydrogen-bond donors (Lipinski definition) is 1. The van der Waals surface area contributed by atoms with Gasteiger partial charge in [0.1, 0.15) is 11.3 Å². The molecule has 0 atom stereocenters. The predicted molar refractivity (Wildman–Crippen MR) is 141 cm³/mol. The number of anilines is 2. The number of nitrogens with one attached hydrogen (secondary N) is 1. The summed E-state index contributed by atoms with van der Waals surface area (Å²) in [5, 5.41) is 2.84. The fourth-order valence-corrected chi connectivity index (χ4v) is 4.13. The number of benzene rings is 3. The molecule has 3 aromatic rings. The third-order valence-electron chi connectivity index (χ3n) is 6.15. The van der Waals surface area contributed by atoms with Crippen LogP contribution in [-0.4, -0.2) is 55.8 Å². The fraction of sp³-hybridized carbons (Fsp3) is 0.207. The lowest BCUT2D eigenvalue weighted by atomic mass is 10.1. The molecular formula is C29H29N3O4. The average Bonchev–Trinajstić information content (AvgIpc) is 2.92. The summed E-state index contributed by atoms with van der Waals surface area (Å²) in [5.74, 6) is -0.200. The van der Waals surface area contributed by atoms with E-state index in [2.05, 4.69) is 10.2 Å². The van der Waals surface area contributed by atoms with E-state index in [0.717, 1.165) is 5.69 Å². The van der Waals surface area contributed by atoms with Gasteiger partial charge in [0.15, 0.2) is 5.78 Å². The van der Waals surface area contributed by atoms with Crippen molar-refractivity contribution in [2.75, 3.05) is 43.5 Å². The number of nitrogens with zero attached hydrogens (tertiary/aromatic N) is 2. The number of carbonyl (C=O) groups is 3. The Kier molecular flexibility index (Phi) is 7.80. The monoisotopic (exact) mass is 483 g/mol. The van der Waals surface area contributed by atoms with Gasteiger partial charge in [-0.3, -0.25) is 14.4 Å². The third kappa shape index (κ3) is 5.81. The second-order valence-corrected chi connectivity index (χ2v) is 8.50. The average molecular weight is 484 g/mol. The number of methoxy groups -OCH3 is 1. The molecule has 3 aromatic carbocycles. The second-order valence-electron chi connectivity index (χ2n) is 8.50. The van der Waals surface area contributed by atoms with Gasteiger partial charge in [-0.15, -0.1) is 0 Å². The topological polar surface area (TPSA) is 79.0 Å². The summed E-state index contributed by atoms with van der Waals surface area (Å²) in [5.41, 5.74) is 2.97. The van der Waals surface area contributed by atoms with Gasteiger partial charge in [0.2, 0.25) is 0 Å². The Morgan fingerprint density at radius 1 is 0.833 bits per heavy atom. The van der Waals surface area contributed by atoms with Crippen molar-refractivity contribution in [3.63, 3.8) is 0 Å². The number of ether oxygens (including phenoxy) is 1. The summed E-state index contributed by atoms with van der Waals surface area (Å²) in [6, 6.07) is 23.8. The number of hydrogen-bond acceptors (Lipinski definition) is 5. The molecule has 0 spiro atoms. The van der Waals surface area contributed by atoms with E-state index in [1.165, 1.54) is 0 Å². The molecule has 36 heavy (non-hydrogen) atoms. The molecule has 1 fully saturated rings. The SMILES string of the molecule is COc1ccccc1/C=C(\C(=O)Nc1ccccc1)C(=O)N1CCN(c2ccc(C(C)=O)cc2)CC1. The second kappa shape index (κ2) is 11.4. The van der Waals surface area contributed by atoms with E-state index in [9.17, 15) is 14.4 Å². The lowest BCUT2D eigenvalue weighted by molar-refractivity contribution is -0.129. The van der Waals surface area contributed by atoms with Crippen LogP contribution in [0.5, 0.6) is 5.75 Å². The molecule has 0 aliphatic carbocycles. The first-order valence-corrected chi connectivity index (χ1v) is 11.8. The van der Waals surface area contributed by atoms with Crippen molar-refractivity contribution in [1.82, 2.24) is 4.90 Å². The minimum atomic E-state index is -0.473. The highest BCUT2D eigenvalue weighted by molar-refractivity contribution is 6.25. The van der Waals surface area contributed by atoms with Gasteiger partial charge in [0.05, 0.1) is 7.11 Å². The highest BCUT2D eigenvalue weighted by atomic mass is 16.5. The van der Waals surface area contributed by atoms with Crippen LogP contribution in [0.1, 0.15) is 22.8 Å². The summed E-state index contributed by atoms with van der Waals surface area (Å²) in [6.45, 7) is 3.72. The smallest absolute Gasteiger partial charge is 0.261 e. The van der Waals surface area contributed by atoms with E-state index in [0.29, 0.717) is 48.7 Å². The van der Waals surface area contributed by atoms with E-state index in [1.807, 2.05) is 60.7 Å². The Hall–Kier alpha value is -4.39. The van der Waals surface area contributed by atoms with Crippen molar-refractivity contribution in [2.45, 2.75) is 6.92 Å². The molecule has 1 aliphatic rings. The highest BCUT2D eigenvalue weighted by Gasteiger charge is 2.28. The van der Waals surface area contributed by atoms with E-state index in [4.69, 9.17) is 4.74 Å². The zero-order valence-electron chi connectivity index (χ0n) is 20.4. The van der Waals surface area contributed by atoms with Crippen molar-refractivity contribution < 1.29 is 19.1 Å². The summed E-state index contributed by atoms with van der Waals surface area (Å²) < 4.78 is 5.43. The Morgan fingerprint density at radius 3 is 2.11 bits per heavy atom. The molecule has 1 heterocycles. The van der Waals surface area contributed by atoms with E-state index in [1.54, 1.807) is 43.2 Å². The third-order valence-corrected chi connectivity index (χ3v) is 6.15. The van der Waals surface area contributed by atoms with Gasteiger partial charge in [-0.2, -0.15) is 0 Å². The first-order chi connectivity index (χ1) is 17.5. The van der Waals surface area contributed by atoms with Gasteiger partial charge in [-0.25, -0.2) is 0 Å². The number of piperazine rings is 1. The first kappa shape index (κ1) is 24.7. The quantitative estimate of drug-likeness (QED) is 0.235. The zero-order valence-corrected chi connectivity index (χ0v) is 20.4. The van der Waals surface area contributed by atoms with Crippen LogP contribution in [0.15, 0.2) is 84.4 Å². The summed E-state index contributed by atoms with van der Waals surface area (Å²) in [4.78, 5) is 42.3. The zero-order chi connectivity index (χ0) is 25.5. The van der Waals surface area contributed by atoms with Crippen LogP contribution in [0.4, 0.5) is 11.4 Å². The van der Waals surface area contributed by atoms with Gasteiger partial charge >= 0.3 is 0 Å². The van der Waals surface area contributed by atoms with Crippen molar-refractivity contribution in [1.29, 1.82) is 0 Å². The molecule has 184 valence electrons. The van der Waals surface area contributed by atoms with Crippen LogP contribution in [-0.2, 0) is 9.59 Å². The lowest BCUT2D eigenvalue weighted by Crippen LogP contribution is -2.50. The molecule has 1 saturated heterocycles. The standard InChI is InChI=1S/C29H29N3O4/c1-21(33)22-12-14-25(15-13-22)31-16-18-32(19-17-31)29(35)26(20-23-8-6-7-11-27(23)36-2)28(34)30-24-9-4-3-5-10-24/h3-15,20H,16-19H2,1-2H3,(H,30,34)/b26-20+. The molecule has 0 aromatic heterocycles. The van der Waals surface area contributed by atoms with Crippen LogP contribution >= 0.6 is 0 Å². The number of para-hydroxylation sites is 2. The van der Waals surface area contributed by atoms with Crippen LogP contribution < -0.4 is 15.0 Å². The molecule has 4 rings (SSSR count). The van der Waals surface area contributed by atoms with Gasteiger partial charge < -0.3 is 19.9 Å². The number of carbonyl (C=O) groups excluding carboxylic acids is 3. The van der Waals surface area contributed by atoms with Gasteiger partial charge in [-0.1, -0.05) is 36.4 Å². The maximum Gasteiger partial charge on any atom is 0.261 e. The maximum atomic E-state index is 13.6. The minimum Gasteiger partial charge on any atom is -0.496 e. The summed E-state index contributed by atoms with van der Waals surface area (Å²) >= 11 is 0. The number of amides is 2. The highest BCUT2D eigenvalue weighted by Crippen LogP contribution is 2.23. The molecule has 1 N–H and O–H groups in total. The van der Waals surface area contributed by atoms with Crippen molar-refractivity contribution >= 4 is 35.0 Å². The largest absolute Gasteiger partial charge is 0.496 e. The van der Waals surface area contributed by atoms with Crippen molar-refractivity contribution in [3.8, 4) is 5.75 Å². The normalized spacial score (nSPS) is 13.8. The first-order valence-electron chi connectivity index (χ1n) is 11.8.